The van der Waals surface area contributed by atoms with Crippen LogP contribution in [0.4, 0.5) is 0 Å². The third kappa shape index (κ3) is 2.92. The molecule has 4 rings (SSSR count). The predicted octanol–water partition coefficient (Wildman–Crippen LogP) is 1.40. The molecule has 7 heteroatoms. The van der Waals surface area contributed by atoms with E-state index in [4.69, 9.17) is 13.9 Å². The highest BCUT2D eigenvalue weighted by Crippen LogP contribution is 2.25. The number of hydrogen-bond acceptors (Lipinski definition) is 6. The molecule has 118 valence electrons. The van der Waals surface area contributed by atoms with Crippen LogP contribution in [0.5, 0.6) is 0 Å². The zero-order valence-electron chi connectivity index (χ0n) is 12.5. The van der Waals surface area contributed by atoms with Crippen LogP contribution >= 0.6 is 0 Å². The van der Waals surface area contributed by atoms with E-state index >= 15 is 0 Å². The lowest BCUT2D eigenvalue weighted by molar-refractivity contribution is 0.0313. The fourth-order valence-corrected chi connectivity index (χ4v) is 2.90. The third-order valence-electron chi connectivity index (χ3n) is 4.21. The number of H-pyrrole nitrogens is 1. The van der Waals surface area contributed by atoms with Gasteiger partial charge in [-0.25, -0.2) is 4.98 Å². The molecule has 0 aromatic carbocycles. The number of nitrogens with one attached hydrogen (secondary N) is 1. The quantitative estimate of drug-likeness (QED) is 0.920. The fourth-order valence-electron chi connectivity index (χ4n) is 2.90. The van der Waals surface area contributed by atoms with Crippen molar-refractivity contribution in [1.29, 1.82) is 0 Å². The first-order chi connectivity index (χ1) is 10.9. The standard InChI is InChI=1S/C15H20N4O3/c1-4-21-9-11(1)14-16-15(18-17-14)12-7-13(22-10-12)8-19-2-5-20-6-3-19/h7,10-11H,1-6,8-9H2,(H,16,17,18). The second-order valence-corrected chi connectivity index (χ2v) is 5.79. The Labute approximate surface area is 128 Å². The Kier molecular flexibility index (Phi) is 3.92. The van der Waals surface area contributed by atoms with Crippen molar-refractivity contribution in [3.05, 3.63) is 23.9 Å². The van der Waals surface area contributed by atoms with E-state index in [0.717, 1.165) is 69.6 Å². The van der Waals surface area contributed by atoms with Crippen LogP contribution in [0.3, 0.4) is 0 Å². The molecular weight excluding hydrogens is 284 g/mol. The van der Waals surface area contributed by atoms with Crippen LogP contribution in [-0.4, -0.2) is 59.6 Å². The number of aromatic nitrogens is 3. The lowest BCUT2D eigenvalue weighted by atomic mass is 10.1. The van der Waals surface area contributed by atoms with Gasteiger partial charge in [0.25, 0.3) is 0 Å². The van der Waals surface area contributed by atoms with E-state index < -0.39 is 0 Å². The molecule has 0 aliphatic carbocycles. The third-order valence-corrected chi connectivity index (χ3v) is 4.21. The number of ether oxygens (including phenoxy) is 2. The van der Waals surface area contributed by atoms with Crippen molar-refractivity contribution >= 4 is 0 Å². The summed E-state index contributed by atoms with van der Waals surface area (Å²) in [6.07, 6.45) is 2.73. The van der Waals surface area contributed by atoms with Crippen LogP contribution in [0.15, 0.2) is 16.7 Å². The van der Waals surface area contributed by atoms with Crippen molar-refractivity contribution in [2.24, 2.45) is 0 Å². The highest BCUT2D eigenvalue weighted by atomic mass is 16.5. The van der Waals surface area contributed by atoms with Gasteiger partial charge >= 0.3 is 0 Å². The molecule has 1 atom stereocenters. The molecule has 0 bridgehead atoms. The first kappa shape index (κ1) is 13.9. The van der Waals surface area contributed by atoms with E-state index in [0.29, 0.717) is 11.7 Å². The van der Waals surface area contributed by atoms with Crippen molar-refractivity contribution in [1.82, 2.24) is 20.1 Å². The van der Waals surface area contributed by atoms with Crippen molar-refractivity contribution in [3.8, 4) is 11.4 Å². The zero-order valence-corrected chi connectivity index (χ0v) is 12.5. The first-order valence-corrected chi connectivity index (χ1v) is 7.76. The molecule has 0 radical (unpaired) electrons. The topological polar surface area (TPSA) is 76.4 Å². The van der Waals surface area contributed by atoms with Gasteiger partial charge in [-0.1, -0.05) is 0 Å². The summed E-state index contributed by atoms with van der Waals surface area (Å²) in [5.74, 6) is 2.87. The molecule has 2 aromatic rings. The monoisotopic (exact) mass is 304 g/mol. The van der Waals surface area contributed by atoms with E-state index in [1.165, 1.54) is 0 Å². The maximum Gasteiger partial charge on any atom is 0.184 e. The predicted molar refractivity (Wildman–Crippen MR) is 78.4 cm³/mol. The van der Waals surface area contributed by atoms with E-state index in [1.54, 1.807) is 6.26 Å². The van der Waals surface area contributed by atoms with Gasteiger partial charge in [-0.15, -0.1) is 0 Å². The number of morpholine rings is 1. The SMILES string of the molecule is c1oc(CN2CCOCC2)cc1-c1n[nH]c(C2CCOC2)n1. The highest BCUT2D eigenvalue weighted by Gasteiger charge is 2.22. The lowest BCUT2D eigenvalue weighted by Gasteiger charge is -2.25. The maximum atomic E-state index is 5.66. The van der Waals surface area contributed by atoms with Crippen molar-refractivity contribution < 1.29 is 13.9 Å². The van der Waals surface area contributed by atoms with Crippen LogP contribution in [0.1, 0.15) is 23.9 Å². The summed E-state index contributed by atoms with van der Waals surface area (Å²) in [5, 5.41) is 7.33. The number of furan rings is 1. The molecule has 7 nitrogen and oxygen atoms in total. The summed E-state index contributed by atoms with van der Waals surface area (Å²) in [6, 6.07) is 2.02. The summed E-state index contributed by atoms with van der Waals surface area (Å²) in [4.78, 5) is 6.91. The molecule has 0 spiro atoms. The van der Waals surface area contributed by atoms with Crippen LogP contribution < -0.4 is 0 Å². The van der Waals surface area contributed by atoms with Crippen LogP contribution in [0, 0.1) is 0 Å². The van der Waals surface area contributed by atoms with Gasteiger partial charge in [0.2, 0.25) is 0 Å². The average molecular weight is 304 g/mol. The van der Waals surface area contributed by atoms with Crippen LogP contribution in [0.25, 0.3) is 11.4 Å². The fraction of sp³-hybridized carbons (Fsp3) is 0.600. The van der Waals surface area contributed by atoms with Gasteiger partial charge in [0.05, 0.1) is 31.9 Å². The van der Waals surface area contributed by atoms with Gasteiger partial charge < -0.3 is 13.9 Å². The number of rotatable bonds is 4. The normalized spacial score (nSPS) is 23.2. The van der Waals surface area contributed by atoms with Crippen molar-refractivity contribution in [2.75, 3.05) is 39.5 Å². The van der Waals surface area contributed by atoms with Crippen LogP contribution in [-0.2, 0) is 16.0 Å². The minimum absolute atomic E-state index is 0.334. The van der Waals surface area contributed by atoms with Gasteiger partial charge in [0.1, 0.15) is 17.8 Å². The molecule has 2 aromatic heterocycles. The molecule has 2 saturated heterocycles. The van der Waals surface area contributed by atoms with Gasteiger partial charge in [0, 0.05) is 25.6 Å². The van der Waals surface area contributed by atoms with Gasteiger partial charge in [-0.2, -0.15) is 5.10 Å². The Morgan fingerprint density at radius 2 is 2.14 bits per heavy atom. The van der Waals surface area contributed by atoms with E-state index in [9.17, 15) is 0 Å². The minimum atomic E-state index is 0.334. The van der Waals surface area contributed by atoms with E-state index in [-0.39, 0.29) is 0 Å². The first-order valence-electron chi connectivity index (χ1n) is 7.76. The minimum Gasteiger partial charge on any atom is -0.467 e. The molecule has 0 amide bonds. The Bertz CT molecular complexity index is 612. The second kappa shape index (κ2) is 6.20. The average Bonchev–Trinajstić information content (AvgIpc) is 3.29. The summed E-state index contributed by atoms with van der Waals surface area (Å²) in [7, 11) is 0. The van der Waals surface area contributed by atoms with Gasteiger partial charge in [-0.05, 0) is 12.5 Å². The largest absolute Gasteiger partial charge is 0.467 e. The summed E-state index contributed by atoms with van der Waals surface area (Å²) in [6.45, 7) is 5.81. The molecule has 1 N–H and O–H groups in total. The zero-order chi connectivity index (χ0) is 14.8. The Hall–Kier alpha value is -1.70. The van der Waals surface area contributed by atoms with E-state index in [1.807, 2.05) is 6.07 Å². The Morgan fingerprint density at radius 3 is 2.95 bits per heavy atom. The van der Waals surface area contributed by atoms with Gasteiger partial charge in [-0.3, -0.25) is 10.00 Å². The molecule has 1 unspecified atom stereocenters. The number of hydrogen-bond donors (Lipinski definition) is 1. The molecule has 4 heterocycles. The molecule has 22 heavy (non-hydrogen) atoms. The summed E-state index contributed by atoms with van der Waals surface area (Å²) in [5.41, 5.74) is 0.921. The smallest absolute Gasteiger partial charge is 0.184 e. The number of nitrogens with zero attached hydrogens (tertiary/aromatic N) is 3. The molecule has 2 aliphatic heterocycles. The molecule has 2 fully saturated rings. The maximum absolute atomic E-state index is 5.66. The summed E-state index contributed by atoms with van der Waals surface area (Å²) >= 11 is 0. The van der Waals surface area contributed by atoms with Crippen molar-refractivity contribution in [3.63, 3.8) is 0 Å². The molecule has 0 saturated carbocycles. The second-order valence-electron chi connectivity index (χ2n) is 5.79. The van der Waals surface area contributed by atoms with E-state index in [2.05, 4.69) is 20.1 Å². The number of aromatic amines is 1. The Balaban J connectivity index is 1.44. The van der Waals surface area contributed by atoms with Crippen molar-refractivity contribution in [2.45, 2.75) is 18.9 Å². The molecular formula is C15H20N4O3. The summed E-state index contributed by atoms with van der Waals surface area (Å²) < 4.78 is 16.4. The van der Waals surface area contributed by atoms with Gasteiger partial charge in [0.15, 0.2) is 5.82 Å². The van der Waals surface area contributed by atoms with Crippen LogP contribution in [0.2, 0.25) is 0 Å². The highest BCUT2D eigenvalue weighted by molar-refractivity contribution is 5.53. The Morgan fingerprint density at radius 1 is 1.23 bits per heavy atom. The molecule has 2 aliphatic rings. The lowest BCUT2D eigenvalue weighted by Crippen LogP contribution is -2.35.